The standard InChI is InChI=1S/C17H30O3/c1-3-9-14-12-13-16(18)15(14)10-7-5-6-8-11-17(19)20-4-2/h14-15H,3-13H2,1-2H3/t14-,15+/m0/s1. The molecule has 0 aromatic rings. The van der Waals surface area contributed by atoms with Gasteiger partial charge in [-0.3, -0.25) is 9.59 Å². The summed E-state index contributed by atoms with van der Waals surface area (Å²) >= 11 is 0. The Morgan fingerprint density at radius 2 is 1.90 bits per heavy atom. The minimum Gasteiger partial charge on any atom is -0.466 e. The highest BCUT2D eigenvalue weighted by Gasteiger charge is 2.32. The van der Waals surface area contributed by atoms with Crippen LogP contribution in [-0.4, -0.2) is 18.4 Å². The van der Waals surface area contributed by atoms with E-state index < -0.39 is 0 Å². The third-order valence-electron chi connectivity index (χ3n) is 4.35. The first-order chi connectivity index (χ1) is 9.69. The molecule has 0 unspecified atom stereocenters. The number of unbranched alkanes of at least 4 members (excludes halogenated alkanes) is 3. The van der Waals surface area contributed by atoms with Crippen molar-refractivity contribution >= 4 is 11.8 Å². The number of hydrogen-bond acceptors (Lipinski definition) is 3. The fraction of sp³-hybridized carbons (Fsp3) is 0.882. The Labute approximate surface area is 123 Å². The molecule has 0 bridgehead atoms. The van der Waals surface area contributed by atoms with Crippen molar-refractivity contribution in [1.82, 2.24) is 0 Å². The summed E-state index contributed by atoms with van der Waals surface area (Å²) in [6.45, 7) is 4.51. The summed E-state index contributed by atoms with van der Waals surface area (Å²) in [5.41, 5.74) is 0. The first kappa shape index (κ1) is 17.2. The Balaban J connectivity index is 2.08. The van der Waals surface area contributed by atoms with E-state index in [4.69, 9.17) is 4.74 Å². The highest BCUT2D eigenvalue weighted by atomic mass is 16.5. The molecule has 0 radical (unpaired) electrons. The van der Waals surface area contributed by atoms with Crippen LogP contribution >= 0.6 is 0 Å². The molecule has 0 aromatic carbocycles. The van der Waals surface area contributed by atoms with E-state index >= 15 is 0 Å². The van der Waals surface area contributed by atoms with Gasteiger partial charge in [-0.25, -0.2) is 0 Å². The van der Waals surface area contributed by atoms with Crippen LogP contribution in [0, 0.1) is 11.8 Å². The van der Waals surface area contributed by atoms with Gasteiger partial charge in [-0.05, 0) is 32.1 Å². The SMILES string of the molecule is CCC[C@H]1CCC(=O)[C@@H]1CCCCCCC(=O)OCC. The Morgan fingerprint density at radius 3 is 2.60 bits per heavy atom. The zero-order valence-electron chi connectivity index (χ0n) is 13.2. The number of carbonyl (C=O) groups excluding carboxylic acids is 2. The molecule has 1 aliphatic rings. The van der Waals surface area contributed by atoms with E-state index in [9.17, 15) is 9.59 Å². The van der Waals surface area contributed by atoms with Gasteiger partial charge >= 0.3 is 5.97 Å². The Bertz CT molecular complexity index is 299. The second-order valence-electron chi connectivity index (χ2n) is 5.92. The predicted molar refractivity (Wildman–Crippen MR) is 80.5 cm³/mol. The zero-order chi connectivity index (χ0) is 14.8. The number of esters is 1. The normalized spacial score (nSPS) is 22.2. The topological polar surface area (TPSA) is 43.4 Å². The number of carbonyl (C=O) groups is 2. The Hall–Kier alpha value is -0.860. The molecule has 0 spiro atoms. The first-order valence-corrected chi connectivity index (χ1v) is 8.37. The average Bonchev–Trinajstić information content (AvgIpc) is 2.76. The lowest BCUT2D eigenvalue weighted by atomic mass is 9.87. The van der Waals surface area contributed by atoms with Gasteiger partial charge in [-0.2, -0.15) is 0 Å². The molecule has 20 heavy (non-hydrogen) atoms. The summed E-state index contributed by atoms with van der Waals surface area (Å²) in [7, 11) is 0. The third kappa shape index (κ3) is 6.06. The van der Waals surface area contributed by atoms with Crippen molar-refractivity contribution in [3.8, 4) is 0 Å². The second kappa shape index (κ2) is 9.95. The maximum Gasteiger partial charge on any atom is 0.305 e. The lowest BCUT2D eigenvalue weighted by Crippen LogP contribution is -2.14. The van der Waals surface area contributed by atoms with Crippen LogP contribution in [0.5, 0.6) is 0 Å². The van der Waals surface area contributed by atoms with Crippen LogP contribution in [0.2, 0.25) is 0 Å². The molecule has 2 atom stereocenters. The highest BCUT2D eigenvalue weighted by molar-refractivity contribution is 5.83. The summed E-state index contributed by atoms with van der Waals surface area (Å²) in [6.07, 6.45) is 10.1. The molecule has 3 heteroatoms. The Kier molecular flexibility index (Phi) is 8.56. The molecule has 0 saturated heterocycles. The molecular weight excluding hydrogens is 252 g/mol. The fourth-order valence-corrected chi connectivity index (χ4v) is 3.31. The largest absolute Gasteiger partial charge is 0.466 e. The van der Waals surface area contributed by atoms with Crippen molar-refractivity contribution in [2.75, 3.05) is 6.61 Å². The summed E-state index contributed by atoms with van der Waals surface area (Å²) in [5.74, 6) is 1.39. The lowest BCUT2D eigenvalue weighted by Gasteiger charge is -2.17. The van der Waals surface area contributed by atoms with E-state index in [0.29, 0.717) is 30.6 Å². The zero-order valence-corrected chi connectivity index (χ0v) is 13.2. The van der Waals surface area contributed by atoms with Crippen LogP contribution in [0.3, 0.4) is 0 Å². The van der Waals surface area contributed by atoms with Gasteiger partial charge in [0.15, 0.2) is 0 Å². The monoisotopic (exact) mass is 282 g/mol. The molecule has 1 saturated carbocycles. The predicted octanol–water partition coefficient (Wildman–Crippen LogP) is 4.29. The molecule has 0 N–H and O–H groups in total. The highest BCUT2D eigenvalue weighted by Crippen LogP contribution is 2.35. The van der Waals surface area contributed by atoms with Gasteiger partial charge in [0.1, 0.15) is 5.78 Å². The van der Waals surface area contributed by atoms with E-state index in [1.165, 1.54) is 12.8 Å². The number of ether oxygens (including phenoxy) is 1. The number of hydrogen-bond donors (Lipinski definition) is 0. The van der Waals surface area contributed by atoms with Crippen molar-refractivity contribution in [2.45, 2.75) is 78.1 Å². The number of ketones is 1. The molecule has 1 rings (SSSR count). The van der Waals surface area contributed by atoms with Crippen LogP contribution in [0.25, 0.3) is 0 Å². The maximum atomic E-state index is 11.9. The number of Topliss-reactive ketones (excluding diaryl/α,β-unsaturated/α-hetero) is 1. The first-order valence-electron chi connectivity index (χ1n) is 8.37. The van der Waals surface area contributed by atoms with E-state index in [2.05, 4.69) is 6.92 Å². The van der Waals surface area contributed by atoms with E-state index in [1.807, 2.05) is 6.92 Å². The van der Waals surface area contributed by atoms with Crippen molar-refractivity contribution in [1.29, 1.82) is 0 Å². The quantitative estimate of drug-likeness (QED) is 0.443. The van der Waals surface area contributed by atoms with E-state index in [-0.39, 0.29) is 5.97 Å². The van der Waals surface area contributed by atoms with Gasteiger partial charge in [0, 0.05) is 18.8 Å². The van der Waals surface area contributed by atoms with Gasteiger partial charge < -0.3 is 4.74 Å². The molecule has 0 amide bonds. The smallest absolute Gasteiger partial charge is 0.305 e. The van der Waals surface area contributed by atoms with E-state index in [0.717, 1.165) is 44.9 Å². The van der Waals surface area contributed by atoms with Crippen molar-refractivity contribution in [2.24, 2.45) is 11.8 Å². The van der Waals surface area contributed by atoms with Crippen LogP contribution in [0.1, 0.15) is 78.1 Å². The molecular formula is C17H30O3. The Morgan fingerprint density at radius 1 is 1.15 bits per heavy atom. The number of rotatable bonds is 10. The van der Waals surface area contributed by atoms with Gasteiger partial charge in [-0.1, -0.05) is 39.0 Å². The lowest BCUT2D eigenvalue weighted by molar-refractivity contribution is -0.143. The minimum absolute atomic E-state index is 0.0820. The molecule has 0 heterocycles. The van der Waals surface area contributed by atoms with E-state index in [1.54, 1.807) is 0 Å². The fourth-order valence-electron chi connectivity index (χ4n) is 3.31. The summed E-state index contributed by atoms with van der Waals surface area (Å²) in [5, 5.41) is 0. The van der Waals surface area contributed by atoms with Crippen LogP contribution in [0.4, 0.5) is 0 Å². The van der Waals surface area contributed by atoms with Gasteiger partial charge in [-0.15, -0.1) is 0 Å². The molecule has 3 nitrogen and oxygen atoms in total. The molecule has 1 fully saturated rings. The van der Waals surface area contributed by atoms with Crippen molar-refractivity contribution in [3.63, 3.8) is 0 Å². The summed E-state index contributed by atoms with van der Waals surface area (Å²) in [4.78, 5) is 23.1. The van der Waals surface area contributed by atoms with Crippen LogP contribution in [-0.2, 0) is 14.3 Å². The van der Waals surface area contributed by atoms with Crippen molar-refractivity contribution in [3.05, 3.63) is 0 Å². The third-order valence-corrected chi connectivity index (χ3v) is 4.35. The summed E-state index contributed by atoms with van der Waals surface area (Å²) in [6, 6.07) is 0. The van der Waals surface area contributed by atoms with Crippen LogP contribution < -0.4 is 0 Å². The molecule has 0 aromatic heterocycles. The summed E-state index contributed by atoms with van der Waals surface area (Å²) < 4.78 is 4.90. The van der Waals surface area contributed by atoms with Gasteiger partial charge in [0.2, 0.25) is 0 Å². The average molecular weight is 282 g/mol. The molecule has 116 valence electrons. The maximum absolute atomic E-state index is 11.9. The second-order valence-corrected chi connectivity index (χ2v) is 5.92. The van der Waals surface area contributed by atoms with Crippen LogP contribution in [0.15, 0.2) is 0 Å². The molecule has 1 aliphatic carbocycles. The van der Waals surface area contributed by atoms with Crippen molar-refractivity contribution < 1.29 is 14.3 Å². The minimum atomic E-state index is -0.0820. The van der Waals surface area contributed by atoms with Gasteiger partial charge in [0.05, 0.1) is 6.61 Å². The molecule has 0 aliphatic heterocycles. The van der Waals surface area contributed by atoms with Gasteiger partial charge in [0.25, 0.3) is 0 Å².